The minimum absolute atomic E-state index is 0.866. The lowest BCUT2D eigenvalue weighted by Crippen LogP contribution is -2.35. The van der Waals surface area contributed by atoms with Gasteiger partial charge in [-0.2, -0.15) is 0 Å². The highest BCUT2D eigenvalue weighted by Crippen LogP contribution is 2.20. The third kappa shape index (κ3) is 3.41. The summed E-state index contributed by atoms with van der Waals surface area (Å²) >= 11 is 5.91. The molecule has 2 rings (SSSR count). The molecule has 1 heterocycles. The molecule has 15 heavy (non-hydrogen) atoms. The Hall–Kier alpha value is 0.350. The normalized spacial score (nSPS) is 18.0. The third-order valence-corrected chi connectivity index (χ3v) is 4.05. The maximum Gasteiger partial charge on any atom is 0.0594 e. The van der Waals surface area contributed by atoms with Gasteiger partial charge in [-0.1, -0.05) is 15.9 Å². The van der Waals surface area contributed by atoms with E-state index in [1.165, 1.54) is 9.13 Å². The molecule has 1 aromatic carbocycles. The average molecular weight is 382 g/mol. The van der Waals surface area contributed by atoms with E-state index in [1.54, 1.807) is 0 Å². The Kier molecular flexibility index (Phi) is 4.42. The van der Waals surface area contributed by atoms with Gasteiger partial charge in [0.25, 0.3) is 0 Å². The lowest BCUT2D eigenvalue weighted by molar-refractivity contribution is 0.0341. The van der Waals surface area contributed by atoms with Gasteiger partial charge in [0.1, 0.15) is 0 Å². The second kappa shape index (κ2) is 5.61. The van der Waals surface area contributed by atoms with E-state index < -0.39 is 0 Å². The number of benzene rings is 1. The lowest BCUT2D eigenvalue weighted by atomic mass is 10.2. The predicted octanol–water partition coefficient (Wildman–Crippen LogP) is 2.89. The molecule has 0 N–H and O–H groups in total. The minimum Gasteiger partial charge on any atom is -0.379 e. The molecule has 0 atom stereocenters. The van der Waals surface area contributed by atoms with Crippen molar-refractivity contribution in [1.82, 2.24) is 4.90 Å². The Morgan fingerprint density at radius 2 is 2.07 bits per heavy atom. The number of rotatable bonds is 2. The Morgan fingerprint density at radius 3 is 2.80 bits per heavy atom. The molecule has 0 bridgehead atoms. The molecule has 0 spiro atoms. The first-order valence-electron chi connectivity index (χ1n) is 5.00. The van der Waals surface area contributed by atoms with Crippen molar-refractivity contribution in [3.63, 3.8) is 0 Å². The quantitative estimate of drug-likeness (QED) is 0.730. The van der Waals surface area contributed by atoms with Crippen molar-refractivity contribution < 1.29 is 4.74 Å². The van der Waals surface area contributed by atoms with Crippen LogP contribution >= 0.6 is 38.5 Å². The van der Waals surface area contributed by atoms with Crippen LogP contribution in [0.4, 0.5) is 0 Å². The zero-order valence-corrected chi connectivity index (χ0v) is 12.1. The molecule has 1 aliphatic heterocycles. The number of hydrogen-bond donors (Lipinski definition) is 0. The summed E-state index contributed by atoms with van der Waals surface area (Å²) in [5, 5.41) is 0. The number of ether oxygens (including phenoxy) is 1. The fourth-order valence-electron chi connectivity index (χ4n) is 1.66. The molecule has 1 saturated heterocycles. The zero-order chi connectivity index (χ0) is 10.7. The molecule has 82 valence electrons. The van der Waals surface area contributed by atoms with Crippen LogP contribution in [0.2, 0.25) is 0 Å². The summed E-state index contributed by atoms with van der Waals surface area (Å²) in [5.41, 5.74) is 1.40. The van der Waals surface area contributed by atoms with Crippen molar-refractivity contribution in [2.75, 3.05) is 26.3 Å². The van der Waals surface area contributed by atoms with Gasteiger partial charge in [0, 0.05) is 27.7 Å². The van der Waals surface area contributed by atoms with Crippen LogP contribution in [0.3, 0.4) is 0 Å². The Morgan fingerprint density at radius 1 is 1.33 bits per heavy atom. The summed E-state index contributed by atoms with van der Waals surface area (Å²) in [7, 11) is 0. The molecule has 0 radical (unpaired) electrons. The van der Waals surface area contributed by atoms with E-state index in [0.717, 1.165) is 37.3 Å². The summed E-state index contributed by atoms with van der Waals surface area (Å²) < 4.78 is 7.83. The van der Waals surface area contributed by atoms with Crippen molar-refractivity contribution >= 4 is 38.5 Å². The first kappa shape index (κ1) is 11.8. The molecule has 1 aromatic rings. The van der Waals surface area contributed by atoms with Crippen LogP contribution in [0.15, 0.2) is 22.7 Å². The van der Waals surface area contributed by atoms with Crippen LogP contribution in [0, 0.1) is 3.57 Å². The molecule has 1 fully saturated rings. The summed E-state index contributed by atoms with van der Waals surface area (Å²) in [4.78, 5) is 2.44. The molecule has 0 saturated carbocycles. The summed E-state index contributed by atoms with van der Waals surface area (Å²) in [6.45, 7) is 4.85. The third-order valence-electron chi connectivity index (χ3n) is 2.51. The number of hydrogen-bond acceptors (Lipinski definition) is 2. The van der Waals surface area contributed by atoms with Gasteiger partial charge in [0.05, 0.1) is 13.2 Å². The van der Waals surface area contributed by atoms with Crippen LogP contribution in [0.1, 0.15) is 5.56 Å². The Bertz CT molecular complexity index is 339. The molecule has 0 aliphatic carbocycles. The lowest BCUT2D eigenvalue weighted by Gasteiger charge is -2.27. The topological polar surface area (TPSA) is 12.5 Å². The van der Waals surface area contributed by atoms with E-state index in [2.05, 4.69) is 61.6 Å². The number of halogens is 2. The van der Waals surface area contributed by atoms with E-state index in [9.17, 15) is 0 Å². The van der Waals surface area contributed by atoms with Gasteiger partial charge in [0.2, 0.25) is 0 Å². The zero-order valence-electron chi connectivity index (χ0n) is 8.38. The van der Waals surface area contributed by atoms with Crippen molar-refractivity contribution in [3.8, 4) is 0 Å². The van der Waals surface area contributed by atoms with Crippen LogP contribution in [0.5, 0.6) is 0 Å². The summed E-state index contributed by atoms with van der Waals surface area (Å²) in [5.74, 6) is 0. The van der Waals surface area contributed by atoms with Gasteiger partial charge in [0.15, 0.2) is 0 Å². The first-order chi connectivity index (χ1) is 7.25. The van der Waals surface area contributed by atoms with Gasteiger partial charge >= 0.3 is 0 Å². The predicted molar refractivity (Wildman–Crippen MR) is 73.0 cm³/mol. The van der Waals surface area contributed by atoms with Gasteiger partial charge < -0.3 is 4.74 Å². The Balaban J connectivity index is 2.05. The maximum atomic E-state index is 5.34. The fraction of sp³-hybridized carbons (Fsp3) is 0.455. The molecule has 2 nitrogen and oxygen atoms in total. The largest absolute Gasteiger partial charge is 0.379 e. The molecule has 0 unspecified atom stereocenters. The second-order valence-corrected chi connectivity index (χ2v) is 5.70. The van der Waals surface area contributed by atoms with Gasteiger partial charge in [-0.3, -0.25) is 4.90 Å². The second-order valence-electron chi connectivity index (χ2n) is 3.62. The molecule has 4 heteroatoms. The maximum absolute atomic E-state index is 5.34. The fourth-order valence-corrected chi connectivity index (χ4v) is 2.58. The average Bonchev–Trinajstić information content (AvgIpc) is 2.25. The van der Waals surface area contributed by atoms with Crippen molar-refractivity contribution in [2.24, 2.45) is 0 Å². The minimum atomic E-state index is 0.866. The van der Waals surface area contributed by atoms with E-state index in [-0.39, 0.29) is 0 Å². The standard InChI is InChI=1S/C11H13BrINO/c12-10-1-2-11(13)9(7-10)8-14-3-5-15-6-4-14/h1-2,7H,3-6,8H2. The summed E-state index contributed by atoms with van der Waals surface area (Å²) in [6, 6.07) is 6.45. The van der Waals surface area contributed by atoms with Crippen molar-refractivity contribution in [2.45, 2.75) is 6.54 Å². The van der Waals surface area contributed by atoms with Crippen LogP contribution < -0.4 is 0 Å². The van der Waals surface area contributed by atoms with Crippen LogP contribution in [-0.2, 0) is 11.3 Å². The highest BCUT2D eigenvalue weighted by atomic mass is 127. The van der Waals surface area contributed by atoms with Crippen molar-refractivity contribution in [1.29, 1.82) is 0 Å². The number of morpholine rings is 1. The molecular weight excluding hydrogens is 369 g/mol. The van der Waals surface area contributed by atoms with Gasteiger partial charge in [-0.05, 0) is 46.4 Å². The van der Waals surface area contributed by atoms with Gasteiger partial charge in [-0.15, -0.1) is 0 Å². The summed E-state index contributed by atoms with van der Waals surface area (Å²) in [6.07, 6.45) is 0. The van der Waals surface area contributed by atoms with E-state index >= 15 is 0 Å². The molecular formula is C11H13BrINO. The van der Waals surface area contributed by atoms with Crippen molar-refractivity contribution in [3.05, 3.63) is 31.8 Å². The molecule has 0 aromatic heterocycles. The first-order valence-corrected chi connectivity index (χ1v) is 6.87. The SMILES string of the molecule is Brc1ccc(I)c(CN2CCOCC2)c1. The smallest absolute Gasteiger partial charge is 0.0594 e. The molecule has 1 aliphatic rings. The van der Waals surface area contributed by atoms with E-state index in [0.29, 0.717) is 0 Å². The highest BCUT2D eigenvalue weighted by molar-refractivity contribution is 14.1. The van der Waals surface area contributed by atoms with E-state index in [1.807, 2.05) is 0 Å². The monoisotopic (exact) mass is 381 g/mol. The van der Waals surface area contributed by atoms with E-state index in [4.69, 9.17) is 4.74 Å². The highest BCUT2D eigenvalue weighted by Gasteiger charge is 2.12. The Labute approximate surface area is 112 Å². The van der Waals surface area contributed by atoms with Crippen LogP contribution in [-0.4, -0.2) is 31.2 Å². The van der Waals surface area contributed by atoms with Gasteiger partial charge in [-0.25, -0.2) is 0 Å². The van der Waals surface area contributed by atoms with Crippen LogP contribution in [0.25, 0.3) is 0 Å². The molecule has 0 amide bonds. The number of nitrogens with zero attached hydrogens (tertiary/aromatic N) is 1.